The second kappa shape index (κ2) is 7.03. The highest BCUT2D eigenvalue weighted by Gasteiger charge is 2.11. The first-order valence-electron chi connectivity index (χ1n) is 6.46. The van der Waals surface area contributed by atoms with Gasteiger partial charge in [0.05, 0.1) is 12.7 Å². The highest BCUT2D eigenvalue weighted by atomic mass is 16.5. The number of urea groups is 1. The molecule has 6 heteroatoms. The minimum Gasteiger partial charge on any atom is -0.465 e. The SMILES string of the molecule is COC(=O)c1cccc(NC(=O)NC(=O)c2ccccc2)c1. The molecule has 0 aliphatic rings. The summed E-state index contributed by atoms with van der Waals surface area (Å²) in [5, 5.41) is 4.69. The highest BCUT2D eigenvalue weighted by Crippen LogP contribution is 2.11. The van der Waals surface area contributed by atoms with Gasteiger partial charge in [0.25, 0.3) is 5.91 Å². The van der Waals surface area contributed by atoms with E-state index in [1.165, 1.54) is 13.2 Å². The van der Waals surface area contributed by atoms with Crippen molar-refractivity contribution in [2.24, 2.45) is 0 Å². The van der Waals surface area contributed by atoms with Crippen LogP contribution in [0, 0.1) is 0 Å². The second-order valence-corrected chi connectivity index (χ2v) is 4.35. The van der Waals surface area contributed by atoms with Gasteiger partial charge in [-0.05, 0) is 30.3 Å². The Balaban J connectivity index is 2.00. The van der Waals surface area contributed by atoms with Crippen LogP contribution in [0.15, 0.2) is 54.6 Å². The number of ether oxygens (including phenoxy) is 1. The Bertz CT molecular complexity index is 698. The van der Waals surface area contributed by atoms with Gasteiger partial charge in [-0.25, -0.2) is 9.59 Å². The van der Waals surface area contributed by atoms with Crippen LogP contribution in [0.3, 0.4) is 0 Å². The first kappa shape index (κ1) is 15.2. The molecule has 0 spiro atoms. The quantitative estimate of drug-likeness (QED) is 0.852. The van der Waals surface area contributed by atoms with E-state index in [1.807, 2.05) is 0 Å². The van der Waals surface area contributed by atoms with Crippen molar-refractivity contribution in [3.63, 3.8) is 0 Å². The summed E-state index contributed by atoms with van der Waals surface area (Å²) in [6.45, 7) is 0. The number of nitrogens with one attached hydrogen (secondary N) is 2. The minimum atomic E-state index is -0.684. The molecule has 2 aromatic rings. The van der Waals surface area contributed by atoms with Crippen LogP contribution in [0.4, 0.5) is 10.5 Å². The number of benzene rings is 2. The minimum absolute atomic E-state index is 0.301. The van der Waals surface area contributed by atoms with E-state index >= 15 is 0 Å². The van der Waals surface area contributed by atoms with Crippen molar-refractivity contribution in [1.29, 1.82) is 0 Å². The molecule has 0 saturated carbocycles. The molecule has 0 saturated heterocycles. The lowest BCUT2D eigenvalue weighted by atomic mass is 10.2. The Hall–Kier alpha value is -3.15. The van der Waals surface area contributed by atoms with E-state index in [-0.39, 0.29) is 0 Å². The van der Waals surface area contributed by atoms with Crippen LogP contribution in [-0.4, -0.2) is 25.0 Å². The number of hydrogen-bond donors (Lipinski definition) is 2. The number of esters is 1. The molecule has 0 fully saturated rings. The lowest BCUT2D eigenvalue weighted by Crippen LogP contribution is -2.34. The normalized spacial score (nSPS) is 9.68. The van der Waals surface area contributed by atoms with Crippen LogP contribution < -0.4 is 10.6 Å². The summed E-state index contributed by atoms with van der Waals surface area (Å²) < 4.78 is 4.60. The molecule has 6 nitrogen and oxygen atoms in total. The summed E-state index contributed by atoms with van der Waals surface area (Å²) in [4.78, 5) is 35.0. The standard InChI is InChI=1S/C16H14N2O4/c1-22-15(20)12-8-5-9-13(10-12)17-16(21)18-14(19)11-6-3-2-4-7-11/h2-10H,1H3,(H2,17,18,19,21). The smallest absolute Gasteiger partial charge is 0.337 e. The largest absolute Gasteiger partial charge is 0.465 e. The summed E-state index contributed by atoms with van der Waals surface area (Å²) in [7, 11) is 1.27. The first-order valence-corrected chi connectivity index (χ1v) is 6.46. The number of amides is 3. The Labute approximate surface area is 127 Å². The molecule has 3 amide bonds. The van der Waals surface area contributed by atoms with Gasteiger partial charge in [-0.1, -0.05) is 24.3 Å². The second-order valence-electron chi connectivity index (χ2n) is 4.35. The van der Waals surface area contributed by atoms with E-state index < -0.39 is 17.9 Å². The van der Waals surface area contributed by atoms with Crippen molar-refractivity contribution in [3.8, 4) is 0 Å². The average Bonchev–Trinajstić information content (AvgIpc) is 2.55. The third-order valence-corrected chi connectivity index (χ3v) is 2.80. The molecular weight excluding hydrogens is 284 g/mol. The Kier molecular flexibility index (Phi) is 4.87. The van der Waals surface area contributed by atoms with Crippen molar-refractivity contribution in [1.82, 2.24) is 5.32 Å². The Morgan fingerprint density at radius 3 is 2.27 bits per heavy atom. The van der Waals surface area contributed by atoms with Gasteiger partial charge >= 0.3 is 12.0 Å². The monoisotopic (exact) mass is 298 g/mol. The zero-order valence-electron chi connectivity index (χ0n) is 11.8. The van der Waals surface area contributed by atoms with Crippen molar-refractivity contribution >= 4 is 23.6 Å². The van der Waals surface area contributed by atoms with Crippen LogP contribution in [0.1, 0.15) is 20.7 Å². The lowest BCUT2D eigenvalue weighted by molar-refractivity contribution is 0.0600. The third-order valence-electron chi connectivity index (χ3n) is 2.80. The van der Waals surface area contributed by atoms with Crippen molar-refractivity contribution in [2.45, 2.75) is 0 Å². The summed E-state index contributed by atoms with van der Waals surface area (Å²) in [6, 6.07) is 13.9. The Morgan fingerprint density at radius 2 is 1.59 bits per heavy atom. The predicted octanol–water partition coefficient (Wildman–Crippen LogP) is 2.44. The van der Waals surface area contributed by atoms with Crippen LogP contribution in [-0.2, 0) is 4.74 Å². The fraction of sp³-hybridized carbons (Fsp3) is 0.0625. The fourth-order valence-electron chi connectivity index (χ4n) is 1.77. The number of rotatable bonds is 3. The molecule has 2 aromatic carbocycles. The fourth-order valence-corrected chi connectivity index (χ4v) is 1.77. The van der Waals surface area contributed by atoms with E-state index in [2.05, 4.69) is 15.4 Å². The third kappa shape index (κ3) is 3.92. The molecule has 0 atom stereocenters. The number of imide groups is 1. The molecular formula is C16H14N2O4. The summed E-state index contributed by atoms with van der Waals surface area (Å²) in [6.07, 6.45) is 0. The first-order chi connectivity index (χ1) is 10.6. The summed E-state index contributed by atoms with van der Waals surface area (Å²) in [5.74, 6) is -1.02. The molecule has 0 aliphatic heterocycles. The molecule has 0 heterocycles. The van der Waals surface area contributed by atoms with Crippen molar-refractivity contribution < 1.29 is 19.1 Å². The van der Waals surface area contributed by atoms with E-state index in [9.17, 15) is 14.4 Å². The lowest BCUT2D eigenvalue weighted by Gasteiger charge is -2.08. The Morgan fingerprint density at radius 1 is 0.909 bits per heavy atom. The van der Waals surface area contributed by atoms with Crippen molar-refractivity contribution in [3.05, 3.63) is 65.7 Å². The zero-order chi connectivity index (χ0) is 15.9. The van der Waals surface area contributed by atoms with Gasteiger partial charge in [0.1, 0.15) is 0 Å². The maximum Gasteiger partial charge on any atom is 0.337 e. The molecule has 0 aromatic heterocycles. The van der Waals surface area contributed by atoms with Crippen molar-refractivity contribution in [2.75, 3.05) is 12.4 Å². The molecule has 112 valence electrons. The van der Waals surface area contributed by atoms with Gasteiger partial charge < -0.3 is 10.1 Å². The van der Waals surface area contributed by atoms with Gasteiger partial charge in [-0.3, -0.25) is 10.1 Å². The van der Waals surface area contributed by atoms with Gasteiger partial charge in [0, 0.05) is 11.3 Å². The number of hydrogen-bond acceptors (Lipinski definition) is 4. The van der Waals surface area contributed by atoms with Gasteiger partial charge in [-0.15, -0.1) is 0 Å². The maximum atomic E-state index is 11.8. The maximum absolute atomic E-state index is 11.8. The number of carbonyl (C=O) groups is 3. The number of anilines is 1. The van der Waals surface area contributed by atoms with Crippen LogP contribution >= 0.6 is 0 Å². The predicted molar refractivity (Wildman–Crippen MR) is 80.7 cm³/mol. The summed E-state index contributed by atoms with van der Waals surface area (Å²) in [5.41, 5.74) is 1.05. The van der Waals surface area contributed by atoms with E-state index in [0.29, 0.717) is 16.8 Å². The molecule has 0 aliphatic carbocycles. The van der Waals surface area contributed by atoms with Gasteiger partial charge in [0.15, 0.2) is 0 Å². The molecule has 0 radical (unpaired) electrons. The molecule has 2 rings (SSSR count). The zero-order valence-corrected chi connectivity index (χ0v) is 11.8. The van der Waals surface area contributed by atoms with E-state index in [4.69, 9.17) is 0 Å². The van der Waals surface area contributed by atoms with E-state index in [0.717, 1.165) is 0 Å². The summed E-state index contributed by atoms with van der Waals surface area (Å²) >= 11 is 0. The van der Waals surface area contributed by atoms with E-state index in [1.54, 1.807) is 48.5 Å². The molecule has 0 bridgehead atoms. The number of methoxy groups -OCH3 is 1. The van der Waals surface area contributed by atoms with Crippen LogP contribution in [0.5, 0.6) is 0 Å². The topological polar surface area (TPSA) is 84.5 Å². The molecule has 2 N–H and O–H groups in total. The van der Waals surface area contributed by atoms with Crippen LogP contribution in [0.25, 0.3) is 0 Å². The van der Waals surface area contributed by atoms with Gasteiger partial charge in [-0.2, -0.15) is 0 Å². The van der Waals surface area contributed by atoms with Gasteiger partial charge in [0.2, 0.25) is 0 Å². The van der Waals surface area contributed by atoms with Crippen LogP contribution in [0.2, 0.25) is 0 Å². The average molecular weight is 298 g/mol. The number of carbonyl (C=O) groups excluding carboxylic acids is 3. The molecule has 0 unspecified atom stereocenters. The highest BCUT2D eigenvalue weighted by molar-refractivity contribution is 6.08. The molecule has 22 heavy (non-hydrogen) atoms.